The highest BCUT2D eigenvalue weighted by atomic mass is 16.2. The van der Waals surface area contributed by atoms with Gasteiger partial charge >= 0.3 is 6.03 Å². The Kier molecular flexibility index (Phi) is 12.4. The number of nitrogens with one attached hydrogen (secondary N) is 2. The lowest BCUT2D eigenvalue weighted by Crippen LogP contribution is -2.44. The van der Waals surface area contributed by atoms with E-state index in [0.717, 1.165) is 47.4 Å². The molecule has 0 spiro atoms. The van der Waals surface area contributed by atoms with Gasteiger partial charge in [-0.05, 0) is 63.0 Å². The number of amides is 2. The first-order valence-corrected chi connectivity index (χ1v) is 12.1. The molecule has 190 valence electrons. The number of unbranched alkanes of at least 4 members (excludes halogenated alkanes) is 1. The zero-order valence-corrected chi connectivity index (χ0v) is 22.5. The van der Waals surface area contributed by atoms with Gasteiger partial charge in [0.15, 0.2) is 0 Å². The van der Waals surface area contributed by atoms with Crippen molar-refractivity contribution in [2.24, 2.45) is 10.7 Å². The van der Waals surface area contributed by atoms with E-state index in [1.807, 2.05) is 83.1 Å². The van der Waals surface area contributed by atoms with Crippen LogP contribution in [0.5, 0.6) is 0 Å². The second-order valence-electron chi connectivity index (χ2n) is 8.87. The number of para-hydroxylation sites is 1. The lowest BCUT2D eigenvalue weighted by atomic mass is 9.98. The summed E-state index contributed by atoms with van der Waals surface area (Å²) >= 11 is 0. The molecule has 0 aromatic heterocycles. The summed E-state index contributed by atoms with van der Waals surface area (Å²) in [5.74, 6) is 0.397. The van der Waals surface area contributed by atoms with Crippen molar-refractivity contribution in [1.82, 2.24) is 15.5 Å². The van der Waals surface area contributed by atoms with Crippen molar-refractivity contribution in [2.45, 2.75) is 59.9 Å². The number of hydrogen-bond donors (Lipinski definition) is 3. The average molecular weight is 478 g/mol. The minimum atomic E-state index is -0.320. The van der Waals surface area contributed by atoms with Gasteiger partial charge in [0, 0.05) is 42.7 Å². The third-order valence-corrected chi connectivity index (χ3v) is 5.55. The van der Waals surface area contributed by atoms with Gasteiger partial charge in [0.2, 0.25) is 0 Å². The molecule has 0 unspecified atom stereocenters. The summed E-state index contributed by atoms with van der Waals surface area (Å²) in [7, 11) is 3.90. The fourth-order valence-electron chi connectivity index (χ4n) is 3.05. The van der Waals surface area contributed by atoms with E-state index >= 15 is 0 Å². The monoisotopic (exact) mass is 477 g/mol. The Balaban J connectivity index is 3.63. The van der Waals surface area contributed by atoms with E-state index in [-0.39, 0.29) is 12.1 Å². The molecular weight excluding hydrogens is 434 g/mol. The van der Waals surface area contributed by atoms with Crippen molar-refractivity contribution in [3.05, 3.63) is 89.3 Å². The number of nitrogens with zero attached hydrogens (tertiary/aromatic N) is 2. The van der Waals surface area contributed by atoms with E-state index < -0.39 is 0 Å². The van der Waals surface area contributed by atoms with Crippen molar-refractivity contribution in [1.29, 1.82) is 0 Å². The molecule has 0 aliphatic rings. The molecule has 1 aromatic carbocycles. The molecule has 0 bridgehead atoms. The Labute approximate surface area is 212 Å². The van der Waals surface area contributed by atoms with Gasteiger partial charge < -0.3 is 16.0 Å². The van der Waals surface area contributed by atoms with Crippen LogP contribution in [0.15, 0.2) is 94.3 Å². The van der Waals surface area contributed by atoms with Crippen LogP contribution in [-0.4, -0.2) is 36.9 Å². The number of hydrogen-bond acceptors (Lipinski definition) is 4. The number of urea groups is 1. The van der Waals surface area contributed by atoms with Crippen molar-refractivity contribution in [2.75, 3.05) is 14.1 Å². The van der Waals surface area contributed by atoms with E-state index in [1.165, 1.54) is 0 Å². The number of aliphatic imine (C=N–C) groups is 1. The second-order valence-corrected chi connectivity index (χ2v) is 8.87. The molecule has 6 nitrogen and oxygen atoms in total. The first kappa shape index (κ1) is 29.5. The van der Waals surface area contributed by atoms with Crippen LogP contribution < -0.4 is 16.4 Å². The van der Waals surface area contributed by atoms with Crippen molar-refractivity contribution < 1.29 is 4.79 Å². The summed E-state index contributed by atoms with van der Waals surface area (Å²) in [6, 6.07) is 9.20. The molecule has 6 heteroatoms. The molecular formula is C29H43N5O. The number of likely N-dealkylation sites (N-methyl/N-ethyl adjacent to an activating group) is 1. The van der Waals surface area contributed by atoms with Gasteiger partial charge in [0.05, 0.1) is 5.69 Å². The summed E-state index contributed by atoms with van der Waals surface area (Å²) in [5.41, 5.74) is 12.1. The topological polar surface area (TPSA) is 82.7 Å². The highest BCUT2D eigenvalue weighted by molar-refractivity contribution is 6.08. The van der Waals surface area contributed by atoms with E-state index in [2.05, 4.69) is 36.8 Å². The van der Waals surface area contributed by atoms with Crippen LogP contribution in [0.2, 0.25) is 0 Å². The molecule has 0 fully saturated rings. The lowest BCUT2D eigenvalue weighted by Gasteiger charge is -2.21. The minimum absolute atomic E-state index is 0.0349. The van der Waals surface area contributed by atoms with Crippen LogP contribution in [0.25, 0.3) is 0 Å². The normalized spacial score (nSPS) is 14.1. The van der Waals surface area contributed by atoms with Gasteiger partial charge in [-0.2, -0.15) is 0 Å². The number of allylic oxidation sites excluding steroid dienone is 3. The second kappa shape index (κ2) is 14.7. The van der Waals surface area contributed by atoms with Gasteiger partial charge in [-0.25, -0.2) is 9.79 Å². The first-order valence-electron chi connectivity index (χ1n) is 12.1. The maximum absolute atomic E-state index is 12.7. The van der Waals surface area contributed by atoms with Gasteiger partial charge in [-0.3, -0.25) is 5.32 Å². The van der Waals surface area contributed by atoms with Crippen molar-refractivity contribution >= 4 is 17.6 Å². The van der Waals surface area contributed by atoms with Crippen LogP contribution >= 0.6 is 0 Å². The largest absolute Gasteiger partial charge is 0.398 e. The van der Waals surface area contributed by atoms with Crippen molar-refractivity contribution in [3.8, 4) is 0 Å². The van der Waals surface area contributed by atoms with E-state index in [4.69, 9.17) is 10.7 Å². The predicted molar refractivity (Wildman–Crippen MR) is 151 cm³/mol. The van der Waals surface area contributed by atoms with Crippen LogP contribution in [0.4, 0.5) is 10.5 Å². The number of carbonyl (C=O) groups is 1. The molecule has 1 atom stereocenters. The Morgan fingerprint density at radius 2 is 1.80 bits per heavy atom. The van der Waals surface area contributed by atoms with Gasteiger partial charge in [-0.15, -0.1) is 0 Å². The van der Waals surface area contributed by atoms with Crippen LogP contribution in [0.1, 0.15) is 53.9 Å². The van der Waals surface area contributed by atoms with Crippen LogP contribution in [-0.2, 0) is 0 Å². The number of benzene rings is 1. The van der Waals surface area contributed by atoms with Gasteiger partial charge in [0.1, 0.15) is 5.84 Å². The summed E-state index contributed by atoms with van der Waals surface area (Å²) in [5, 5.41) is 5.84. The molecule has 4 N–H and O–H groups in total. The molecule has 2 amide bonds. The zero-order valence-electron chi connectivity index (χ0n) is 22.5. The molecule has 0 aliphatic carbocycles. The van der Waals surface area contributed by atoms with Crippen molar-refractivity contribution in [3.63, 3.8) is 0 Å². The molecule has 0 radical (unpaired) electrons. The Bertz CT molecular complexity index is 1010. The van der Waals surface area contributed by atoms with E-state index in [9.17, 15) is 4.79 Å². The smallest absolute Gasteiger partial charge is 0.320 e. The van der Waals surface area contributed by atoms with E-state index in [1.54, 1.807) is 0 Å². The predicted octanol–water partition coefficient (Wildman–Crippen LogP) is 6.35. The molecule has 1 aromatic rings. The van der Waals surface area contributed by atoms with Crippen LogP contribution in [0.3, 0.4) is 0 Å². The Hall–Kier alpha value is -3.54. The Morgan fingerprint density at radius 3 is 2.31 bits per heavy atom. The summed E-state index contributed by atoms with van der Waals surface area (Å²) in [6.07, 6.45) is 6.76. The molecule has 0 saturated heterocycles. The summed E-state index contributed by atoms with van der Waals surface area (Å²) in [4.78, 5) is 19.4. The third kappa shape index (κ3) is 9.69. The SMILES string of the molecule is C=C(C)/C(=C/C(=C\CCC)C(N)=C(C)C(=Nc1ccccc1)NC(=O)N[C@H](C)CC)C(=C)N(C)C. The molecule has 0 saturated carbocycles. The van der Waals surface area contributed by atoms with Gasteiger partial charge in [0.25, 0.3) is 0 Å². The molecule has 0 aliphatic heterocycles. The number of amidine groups is 1. The number of carbonyl (C=O) groups excluding carboxylic acids is 1. The maximum Gasteiger partial charge on any atom is 0.320 e. The first-order chi connectivity index (χ1) is 16.5. The maximum atomic E-state index is 12.7. The Morgan fingerprint density at radius 1 is 1.17 bits per heavy atom. The average Bonchev–Trinajstić information content (AvgIpc) is 2.82. The van der Waals surface area contributed by atoms with Crippen LogP contribution in [0, 0.1) is 0 Å². The fraction of sp³-hybridized carbons (Fsp3) is 0.379. The third-order valence-electron chi connectivity index (χ3n) is 5.55. The summed E-state index contributed by atoms with van der Waals surface area (Å²) < 4.78 is 0. The standard InChI is InChI=1S/C29H43N5O/c1-10-12-16-24(19-26(20(3)4)23(7)34(8)9)27(30)22(6)28(32-25-17-14-13-15-18-25)33-29(35)31-21(5)11-2/h13-19,21H,3,7,10-12,30H2,1-2,4-6,8-9H3,(H2,31,32,33,35)/b24-16+,26-19-,27-22?/t21-/m1/s1. The minimum Gasteiger partial charge on any atom is -0.398 e. The van der Waals surface area contributed by atoms with Gasteiger partial charge in [-0.1, -0.05) is 57.7 Å². The fourth-order valence-corrected chi connectivity index (χ4v) is 3.05. The lowest BCUT2D eigenvalue weighted by molar-refractivity contribution is 0.242. The highest BCUT2D eigenvalue weighted by Gasteiger charge is 2.16. The summed E-state index contributed by atoms with van der Waals surface area (Å²) in [6.45, 7) is 18.3. The quantitative estimate of drug-likeness (QED) is 0.197. The molecule has 1 rings (SSSR count). The number of nitrogens with two attached hydrogens (primary N) is 1. The number of rotatable bonds is 11. The molecule has 0 heterocycles. The zero-order chi connectivity index (χ0) is 26.5. The van der Waals surface area contributed by atoms with E-state index in [0.29, 0.717) is 17.1 Å². The highest BCUT2D eigenvalue weighted by Crippen LogP contribution is 2.24. The molecule has 35 heavy (non-hydrogen) atoms.